The molecule has 0 amide bonds. The first kappa shape index (κ1) is 10.9. The fourth-order valence-electron chi connectivity index (χ4n) is 2.08. The zero-order valence-corrected chi connectivity index (χ0v) is 11.0. The van der Waals surface area contributed by atoms with Gasteiger partial charge in [-0.2, -0.15) is 9.36 Å². The minimum Gasteiger partial charge on any atom is -0.358 e. The predicted octanol–water partition coefficient (Wildman–Crippen LogP) is 3.33. The summed E-state index contributed by atoms with van der Waals surface area (Å²) in [4.78, 5) is 8.98. The molecule has 1 aromatic carbocycles. The number of nitrogens with zero attached hydrogens (tertiary/aromatic N) is 3. The zero-order chi connectivity index (χ0) is 12.7. The largest absolute Gasteiger partial charge is 0.358 e. The molecule has 1 saturated carbocycles. The van der Waals surface area contributed by atoms with Crippen LogP contribution in [0, 0.1) is 0 Å². The third-order valence-electron chi connectivity index (χ3n) is 3.22. The van der Waals surface area contributed by atoms with E-state index in [4.69, 9.17) is 0 Å². The van der Waals surface area contributed by atoms with Gasteiger partial charge in [0.15, 0.2) is 5.82 Å². The van der Waals surface area contributed by atoms with E-state index < -0.39 is 0 Å². The molecular weight excluding hydrogens is 256 g/mol. The second-order valence-corrected chi connectivity index (χ2v) is 5.47. The van der Waals surface area contributed by atoms with E-state index in [-0.39, 0.29) is 0 Å². The van der Waals surface area contributed by atoms with Crippen molar-refractivity contribution in [2.24, 2.45) is 0 Å². The lowest BCUT2D eigenvalue weighted by atomic mass is 10.1. The summed E-state index contributed by atoms with van der Waals surface area (Å²) in [5, 5.41) is 6.53. The maximum atomic E-state index is 4.54. The smallest absolute Gasteiger partial charge is 0.203 e. The van der Waals surface area contributed by atoms with E-state index >= 15 is 0 Å². The van der Waals surface area contributed by atoms with Crippen LogP contribution in [0.15, 0.2) is 36.5 Å². The fourth-order valence-corrected chi connectivity index (χ4v) is 2.73. The fraction of sp³-hybridized carbons (Fsp3) is 0.214. The first-order valence-corrected chi connectivity index (χ1v) is 7.12. The number of benzene rings is 1. The third kappa shape index (κ3) is 2.06. The van der Waals surface area contributed by atoms with E-state index in [2.05, 4.69) is 31.8 Å². The monoisotopic (exact) mass is 268 g/mol. The van der Waals surface area contributed by atoms with E-state index in [1.807, 2.05) is 24.4 Å². The van der Waals surface area contributed by atoms with Gasteiger partial charge in [0.2, 0.25) is 5.13 Å². The molecule has 0 saturated heterocycles. The Balaban J connectivity index is 1.78. The summed E-state index contributed by atoms with van der Waals surface area (Å²) in [5.41, 5.74) is 0.859. The third-order valence-corrected chi connectivity index (χ3v) is 3.86. The highest BCUT2D eigenvalue weighted by atomic mass is 32.1. The Morgan fingerprint density at radius 1 is 1.16 bits per heavy atom. The summed E-state index contributed by atoms with van der Waals surface area (Å²) >= 11 is 1.41. The lowest BCUT2D eigenvalue weighted by Gasteiger charge is -2.01. The molecule has 4 rings (SSSR count). The molecule has 94 valence electrons. The van der Waals surface area contributed by atoms with Gasteiger partial charge in [0.05, 0.1) is 0 Å². The quantitative estimate of drug-likeness (QED) is 0.791. The van der Waals surface area contributed by atoms with Crippen molar-refractivity contribution >= 4 is 27.4 Å². The molecule has 0 unspecified atom stereocenters. The van der Waals surface area contributed by atoms with Gasteiger partial charge < -0.3 is 5.32 Å². The maximum Gasteiger partial charge on any atom is 0.203 e. The molecule has 1 fully saturated rings. The van der Waals surface area contributed by atoms with Gasteiger partial charge in [0.25, 0.3) is 0 Å². The molecule has 4 nitrogen and oxygen atoms in total. The number of pyridine rings is 1. The second kappa shape index (κ2) is 4.28. The van der Waals surface area contributed by atoms with Crippen molar-refractivity contribution in [3.05, 3.63) is 36.5 Å². The number of aromatic nitrogens is 3. The van der Waals surface area contributed by atoms with Crippen LogP contribution in [-0.2, 0) is 0 Å². The summed E-state index contributed by atoms with van der Waals surface area (Å²) in [6, 6.07) is 10.8. The van der Waals surface area contributed by atoms with E-state index in [1.54, 1.807) is 0 Å². The molecule has 2 heterocycles. The Kier molecular flexibility index (Phi) is 2.45. The Hall–Kier alpha value is -2.01. The van der Waals surface area contributed by atoms with Crippen LogP contribution in [0.3, 0.4) is 0 Å². The SMILES string of the molecule is c1ccc2c(-c3nsc(NC4CC4)n3)nccc2c1. The summed E-state index contributed by atoms with van der Waals surface area (Å²) in [6.07, 6.45) is 4.29. The number of hydrogen-bond donors (Lipinski definition) is 1. The van der Waals surface area contributed by atoms with Gasteiger partial charge in [0.1, 0.15) is 5.69 Å². The van der Waals surface area contributed by atoms with Gasteiger partial charge in [-0.25, -0.2) is 0 Å². The highest BCUT2D eigenvalue weighted by Crippen LogP contribution is 2.29. The minimum absolute atomic E-state index is 0.598. The summed E-state index contributed by atoms with van der Waals surface area (Å²) < 4.78 is 4.42. The van der Waals surface area contributed by atoms with Crippen molar-refractivity contribution in [2.45, 2.75) is 18.9 Å². The molecule has 1 aliphatic carbocycles. The normalized spacial score (nSPS) is 14.7. The van der Waals surface area contributed by atoms with E-state index in [1.165, 1.54) is 29.8 Å². The maximum absolute atomic E-state index is 4.54. The van der Waals surface area contributed by atoms with Crippen molar-refractivity contribution in [3.63, 3.8) is 0 Å². The van der Waals surface area contributed by atoms with Gasteiger partial charge >= 0.3 is 0 Å². The molecule has 2 aromatic heterocycles. The Bertz CT molecular complexity index is 728. The van der Waals surface area contributed by atoms with Crippen LogP contribution in [0.4, 0.5) is 5.13 Å². The molecule has 0 aliphatic heterocycles. The molecule has 0 atom stereocenters. The Morgan fingerprint density at radius 3 is 2.95 bits per heavy atom. The summed E-state index contributed by atoms with van der Waals surface area (Å²) in [5.74, 6) is 0.713. The molecule has 1 N–H and O–H groups in total. The number of fused-ring (bicyclic) bond motifs is 1. The van der Waals surface area contributed by atoms with Crippen LogP contribution in [0.25, 0.3) is 22.3 Å². The molecule has 5 heteroatoms. The van der Waals surface area contributed by atoms with Gasteiger partial charge in [-0.05, 0) is 24.3 Å². The molecule has 3 aromatic rings. The first-order valence-electron chi connectivity index (χ1n) is 6.34. The second-order valence-electron chi connectivity index (χ2n) is 4.72. The van der Waals surface area contributed by atoms with Crippen molar-refractivity contribution in [3.8, 4) is 11.5 Å². The molecular formula is C14H12N4S. The van der Waals surface area contributed by atoms with E-state index in [0.717, 1.165) is 16.2 Å². The standard InChI is InChI=1S/C14H12N4S/c1-2-4-11-9(3-1)7-8-15-12(11)13-17-14(19-18-13)16-10-5-6-10/h1-4,7-8,10H,5-6H2,(H,16,17,18). The summed E-state index contributed by atoms with van der Waals surface area (Å²) in [7, 11) is 0. The van der Waals surface area contributed by atoms with Crippen molar-refractivity contribution in [1.82, 2.24) is 14.3 Å². The molecule has 19 heavy (non-hydrogen) atoms. The van der Waals surface area contributed by atoms with Crippen LogP contribution in [0.5, 0.6) is 0 Å². The van der Waals surface area contributed by atoms with Gasteiger partial charge in [-0.3, -0.25) is 4.98 Å². The topological polar surface area (TPSA) is 50.7 Å². The van der Waals surface area contributed by atoms with Crippen LogP contribution in [0.1, 0.15) is 12.8 Å². The average Bonchev–Trinajstić information content (AvgIpc) is 3.14. The number of rotatable bonds is 3. The molecule has 0 spiro atoms. The minimum atomic E-state index is 0.598. The van der Waals surface area contributed by atoms with Crippen molar-refractivity contribution in [2.75, 3.05) is 5.32 Å². The van der Waals surface area contributed by atoms with Crippen LogP contribution >= 0.6 is 11.5 Å². The molecule has 0 bridgehead atoms. The highest BCUT2D eigenvalue weighted by Gasteiger charge is 2.22. The average molecular weight is 268 g/mol. The lowest BCUT2D eigenvalue weighted by molar-refractivity contribution is 1.13. The highest BCUT2D eigenvalue weighted by molar-refractivity contribution is 7.09. The summed E-state index contributed by atoms with van der Waals surface area (Å²) in [6.45, 7) is 0. The number of anilines is 1. The van der Waals surface area contributed by atoms with Crippen LogP contribution in [-0.4, -0.2) is 20.4 Å². The van der Waals surface area contributed by atoms with Crippen molar-refractivity contribution < 1.29 is 0 Å². The number of nitrogens with one attached hydrogen (secondary N) is 1. The Labute approximate surface area is 114 Å². The zero-order valence-electron chi connectivity index (χ0n) is 10.2. The predicted molar refractivity (Wildman–Crippen MR) is 77.3 cm³/mol. The number of hydrogen-bond acceptors (Lipinski definition) is 5. The molecule has 1 aliphatic rings. The van der Waals surface area contributed by atoms with Crippen molar-refractivity contribution in [1.29, 1.82) is 0 Å². The van der Waals surface area contributed by atoms with Gasteiger partial charge in [-0.1, -0.05) is 24.3 Å². The van der Waals surface area contributed by atoms with Gasteiger partial charge in [-0.15, -0.1) is 0 Å². The van der Waals surface area contributed by atoms with E-state index in [9.17, 15) is 0 Å². The van der Waals surface area contributed by atoms with E-state index in [0.29, 0.717) is 11.9 Å². The first-order chi connectivity index (χ1) is 9.40. The van der Waals surface area contributed by atoms with Crippen LogP contribution in [0.2, 0.25) is 0 Å². The van der Waals surface area contributed by atoms with Gasteiger partial charge in [0, 0.05) is 29.2 Å². The van der Waals surface area contributed by atoms with Crippen LogP contribution < -0.4 is 5.32 Å². The Morgan fingerprint density at radius 2 is 2.05 bits per heavy atom. The molecule has 0 radical (unpaired) electrons. The lowest BCUT2D eigenvalue weighted by Crippen LogP contribution is -1.99.